The Balaban J connectivity index is 1.70. The summed E-state index contributed by atoms with van der Waals surface area (Å²) in [5, 5.41) is 3.36. The van der Waals surface area contributed by atoms with E-state index in [1.807, 2.05) is 67.9 Å². The van der Waals surface area contributed by atoms with Crippen LogP contribution < -0.4 is 5.32 Å². The summed E-state index contributed by atoms with van der Waals surface area (Å²) in [5.41, 5.74) is 5.41. The maximum Gasteiger partial charge on any atom is 0.0632 e. The van der Waals surface area contributed by atoms with Crippen LogP contribution in [0.25, 0.3) is 0 Å². The molecule has 0 aliphatic heterocycles. The number of aliphatic imine (C=N–C) groups is 1. The smallest absolute Gasteiger partial charge is 0.0632 e. The van der Waals surface area contributed by atoms with Gasteiger partial charge in [-0.3, -0.25) is 4.99 Å². The molecular formula is C19H19N3. The molecule has 0 unspecified atom stereocenters. The monoisotopic (exact) mass is 289 g/mol. The van der Waals surface area contributed by atoms with Crippen LogP contribution in [-0.2, 0) is 7.05 Å². The zero-order valence-electron chi connectivity index (χ0n) is 12.8. The molecule has 0 spiro atoms. The van der Waals surface area contributed by atoms with Crippen molar-refractivity contribution < 1.29 is 0 Å². The van der Waals surface area contributed by atoms with E-state index in [1.165, 1.54) is 5.69 Å². The molecule has 3 rings (SSSR count). The second kappa shape index (κ2) is 6.31. The van der Waals surface area contributed by atoms with E-state index in [2.05, 4.69) is 33.9 Å². The number of benzene rings is 2. The predicted molar refractivity (Wildman–Crippen MR) is 93.6 cm³/mol. The van der Waals surface area contributed by atoms with Crippen molar-refractivity contribution in [2.24, 2.45) is 12.0 Å². The van der Waals surface area contributed by atoms with Crippen LogP contribution in [0.2, 0.25) is 0 Å². The Morgan fingerprint density at radius 1 is 0.864 bits per heavy atom. The zero-order chi connectivity index (χ0) is 15.4. The highest BCUT2D eigenvalue weighted by atomic mass is 15.0. The maximum absolute atomic E-state index is 4.53. The van der Waals surface area contributed by atoms with Crippen molar-refractivity contribution in [3.8, 4) is 0 Å². The average molecular weight is 289 g/mol. The lowest BCUT2D eigenvalue weighted by Gasteiger charge is -2.06. The number of para-hydroxylation sites is 1. The fourth-order valence-corrected chi connectivity index (χ4v) is 2.22. The first kappa shape index (κ1) is 14.1. The summed E-state index contributed by atoms with van der Waals surface area (Å²) in [6, 6.07) is 22.4. The van der Waals surface area contributed by atoms with Crippen molar-refractivity contribution in [1.29, 1.82) is 0 Å². The van der Waals surface area contributed by atoms with Crippen molar-refractivity contribution in [2.75, 3.05) is 5.32 Å². The van der Waals surface area contributed by atoms with E-state index in [9.17, 15) is 0 Å². The molecule has 3 heteroatoms. The third kappa shape index (κ3) is 3.26. The molecule has 0 amide bonds. The molecule has 110 valence electrons. The Hall–Kier alpha value is -2.81. The van der Waals surface area contributed by atoms with E-state index < -0.39 is 0 Å². The molecule has 0 saturated carbocycles. The Kier molecular flexibility index (Phi) is 4.05. The predicted octanol–water partition coefficient (Wildman–Crippen LogP) is 4.83. The molecule has 3 nitrogen and oxygen atoms in total. The van der Waals surface area contributed by atoms with Crippen LogP contribution in [0.5, 0.6) is 0 Å². The quantitative estimate of drug-likeness (QED) is 0.685. The van der Waals surface area contributed by atoms with Gasteiger partial charge in [0.25, 0.3) is 0 Å². The zero-order valence-corrected chi connectivity index (χ0v) is 12.8. The molecule has 0 aliphatic rings. The van der Waals surface area contributed by atoms with E-state index in [4.69, 9.17) is 0 Å². The number of anilines is 2. The first-order valence-corrected chi connectivity index (χ1v) is 7.31. The first-order chi connectivity index (χ1) is 10.7. The van der Waals surface area contributed by atoms with Gasteiger partial charge in [0.05, 0.1) is 17.6 Å². The normalized spacial score (nSPS) is 11.0. The summed E-state index contributed by atoms with van der Waals surface area (Å²) in [4.78, 5) is 4.53. The molecule has 2 aromatic carbocycles. The molecule has 0 radical (unpaired) electrons. The Bertz CT molecular complexity index is 768. The highest BCUT2D eigenvalue weighted by molar-refractivity contribution is 5.80. The van der Waals surface area contributed by atoms with Gasteiger partial charge in [-0.2, -0.15) is 0 Å². The van der Waals surface area contributed by atoms with Gasteiger partial charge in [0.15, 0.2) is 0 Å². The summed E-state index contributed by atoms with van der Waals surface area (Å²) >= 11 is 0. The number of hydrogen-bond acceptors (Lipinski definition) is 2. The fraction of sp³-hybridized carbons (Fsp3) is 0.105. The minimum atomic E-state index is 0.942. The number of hydrogen-bond donors (Lipinski definition) is 1. The minimum Gasteiger partial charge on any atom is -0.356 e. The third-order valence-electron chi connectivity index (χ3n) is 3.69. The van der Waals surface area contributed by atoms with E-state index in [1.54, 1.807) is 0 Å². The van der Waals surface area contributed by atoms with Crippen LogP contribution in [0.1, 0.15) is 11.4 Å². The molecule has 1 N–H and O–H groups in total. The molecule has 1 heterocycles. The molecule has 0 fully saturated rings. The van der Waals surface area contributed by atoms with Crippen LogP contribution in [-0.4, -0.2) is 10.8 Å². The van der Waals surface area contributed by atoms with E-state index >= 15 is 0 Å². The molecular weight excluding hydrogens is 270 g/mol. The molecule has 1 aromatic heterocycles. The minimum absolute atomic E-state index is 0.942. The molecule has 22 heavy (non-hydrogen) atoms. The number of nitrogens with zero attached hydrogens (tertiary/aromatic N) is 2. The van der Waals surface area contributed by atoms with Gasteiger partial charge >= 0.3 is 0 Å². The van der Waals surface area contributed by atoms with Crippen molar-refractivity contribution in [1.82, 2.24) is 4.57 Å². The Morgan fingerprint density at radius 3 is 2.18 bits per heavy atom. The molecule has 0 bridgehead atoms. The van der Waals surface area contributed by atoms with E-state index in [0.717, 1.165) is 22.8 Å². The largest absolute Gasteiger partial charge is 0.356 e. The molecule has 3 aromatic rings. The second-order valence-corrected chi connectivity index (χ2v) is 5.25. The van der Waals surface area contributed by atoms with E-state index in [0.29, 0.717) is 0 Å². The second-order valence-electron chi connectivity index (χ2n) is 5.25. The van der Waals surface area contributed by atoms with Gasteiger partial charge in [0, 0.05) is 24.1 Å². The van der Waals surface area contributed by atoms with Crippen molar-refractivity contribution in [2.45, 2.75) is 6.92 Å². The Morgan fingerprint density at radius 2 is 1.55 bits per heavy atom. The summed E-state index contributed by atoms with van der Waals surface area (Å²) in [7, 11) is 2.05. The highest BCUT2D eigenvalue weighted by Crippen LogP contribution is 2.20. The number of rotatable bonds is 4. The summed E-state index contributed by atoms with van der Waals surface area (Å²) in [6.07, 6.45) is 1.90. The van der Waals surface area contributed by atoms with Gasteiger partial charge in [0.2, 0.25) is 0 Å². The third-order valence-corrected chi connectivity index (χ3v) is 3.69. The van der Waals surface area contributed by atoms with Gasteiger partial charge in [0.1, 0.15) is 0 Å². The van der Waals surface area contributed by atoms with E-state index in [-0.39, 0.29) is 0 Å². The number of nitrogens with one attached hydrogen (secondary N) is 1. The van der Waals surface area contributed by atoms with Gasteiger partial charge in [-0.05, 0) is 55.5 Å². The summed E-state index contributed by atoms with van der Waals surface area (Å²) in [6.45, 7) is 2.08. The highest BCUT2D eigenvalue weighted by Gasteiger charge is 1.98. The summed E-state index contributed by atoms with van der Waals surface area (Å²) < 4.78 is 2.12. The average Bonchev–Trinajstić information content (AvgIpc) is 2.87. The fourth-order valence-electron chi connectivity index (χ4n) is 2.22. The number of aromatic nitrogens is 1. The lowest BCUT2D eigenvalue weighted by atomic mass is 10.2. The van der Waals surface area contributed by atoms with Crippen molar-refractivity contribution in [3.05, 3.63) is 78.1 Å². The van der Waals surface area contributed by atoms with Crippen LogP contribution >= 0.6 is 0 Å². The molecule has 0 atom stereocenters. The maximum atomic E-state index is 4.53. The summed E-state index contributed by atoms with van der Waals surface area (Å²) in [5.74, 6) is 0. The number of aryl methyl sites for hydroxylation is 1. The van der Waals surface area contributed by atoms with Crippen molar-refractivity contribution in [3.63, 3.8) is 0 Å². The van der Waals surface area contributed by atoms with Gasteiger partial charge in [-0.1, -0.05) is 18.2 Å². The van der Waals surface area contributed by atoms with Gasteiger partial charge in [-0.25, -0.2) is 0 Å². The molecule has 0 aliphatic carbocycles. The van der Waals surface area contributed by atoms with Gasteiger partial charge in [-0.15, -0.1) is 0 Å². The van der Waals surface area contributed by atoms with Crippen LogP contribution in [0.15, 0.2) is 71.7 Å². The lowest BCUT2D eigenvalue weighted by Crippen LogP contribution is -1.96. The van der Waals surface area contributed by atoms with Crippen molar-refractivity contribution >= 4 is 23.3 Å². The Labute approximate surface area is 131 Å². The molecule has 0 saturated heterocycles. The van der Waals surface area contributed by atoms with Crippen LogP contribution in [0.4, 0.5) is 17.1 Å². The first-order valence-electron chi connectivity index (χ1n) is 7.31. The standard InChI is InChI=1S/C19H19N3/c1-15-8-13-19(22(15)2)14-20-16-9-11-18(12-10-16)21-17-6-4-3-5-7-17/h3-14,21H,1-2H3. The lowest BCUT2D eigenvalue weighted by molar-refractivity contribution is 0.874. The topological polar surface area (TPSA) is 29.3 Å². The van der Waals surface area contributed by atoms with Crippen LogP contribution in [0, 0.1) is 6.92 Å². The van der Waals surface area contributed by atoms with Crippen LogP contribution in [0.3, 0.4) is 0 Å². The SMILES string of the molecule is Cc1ccc(C=Nc2ccc(Nc3ccccc3)cc2)n1C. The van der Waals surface area contributed by atoms with Gasteiger partial charge < -0.3 is 9.88 Å².